The van der Waals surface area contributed by atoms with E-state index >= 15 is 0 Å². The van der Waals surface area contributed by atoms with E-state index < -0.39 is 0 Å². The van der Waals surface area contributed by atoms with Crippen molar-refractivity contribution in [1.82, 2.24) is 0 Å². The molecule has 0 spiro atoms. The van der Waals surface area contributed by atoms with E-state index in [1.165, 1.54) is 32.1 Å². The summed E-state index contributed by atoms with van der Waals surface area (Å²) in [5.41, 5.74) is 0. The molecule has 0 aliphatic rings. The van der Waals surface area contributed by atoms with E-state index in [2.05, 4.69) is 6.92 Å². The first-order valence-electron chi connectivity index (χ1n) is 6.28. The molecule has 0 aromatic carbocycles. The normalized spacial score (nSPS) is 10.3. The van der Waals surface area contributed by atoms with Gasteiger partial charge in [-0.25, -0.2) is 0 Å². The minimum atomic E-state index is -0.207. The average Bonchev–Trinajstić information content (AvgIpc) is 2.26. The predicted octanol–water partition coefficient (Wildman–Crippen LogP) is 3.68. The molecule has 15 heavy (non-hydrogen) atoms. The fraction of sp³-hybridized carbons (Fsp3) is 0.846. The third-order valence-electron chi connectivity index (χ3n) is 2.64. The molecule has 2 nitrogen and oxygen atoms in total. The van der Waals surface area contributed by atoms with Gasteiger partial charge in [0.15, 0.2) is 11.6 Å². The standard InChI is InChI=1S/C13H24O2/c1-3-5-6-7-8-9-10-11-13(15)12(14)4-2/h3-11H2,1-2H3. The van der Waals surface area contributed by atoms with Gasteiger partial charge in [0.05, 0.1) is 0 Å². The molecule has 0 rings (SSSR count). The Kier molecular flexibility index (Phi) is 9.44. The Morgan fingerprint density at radius 3 is 1.80 bits per heavy atom. The Morgan fingerprint density at radius 2 is 1.27 bits per heavy atom. The second kappa shape index (κ2) is 9.88. The molecular formula is C13H24O2. The van der Waals surface area contributed by atoms with Crippen LogP contribution in [-0.2, 0) is 9.59 Å². The first-order valence-corrected chi connectivity index (χ1v) is 6.28. The van der Waals surface area contributed by atoms with E-state index in [4.69, 9.17) is 0 Å². The molecule has 2 heteroatoms. The molecule has 0 amide bonds. The van der Waals surface area contributed by atoms with Gasteiger partial charge in [0.25, 0.3) is 0 Å². The van der Waals surface area contributed by atoms with Gasteiger partial charge in [-0.15, -0.1) is 0 Å². The van der Waals surface area contributed by atoms with Crippen LogP contribution < -0.4 is 0 Å². The summed E-state index contributed by atoms with van der Waals surface area (Å²) in [6, 6.07) is 0. The van der Waals surface area contributed by atoms with Gasteiger partial charge in [0.2, 0.25) is 0 Å². The number of unbranched alkanes of at least 4 members (excludes halogenated alkanes) is 6. The highest BCUT2D eigenvalue weighted by atomic mass is 16.2. The zero-order valence-electron chi connectivity index (χ0n) is 10.2. The SMILES string of the molecule is CCCCCCCCCC(=O)C(=O)CC. The summed E-state index contributed by atoms with van der Waals surface area (Å²) in [6.07, 6.45) is 9.14. The molecule has 0 unspecified atom stereocenters. The number of rotatable bonds is 10. The smallest absolute Gasteiger partial charge is 0.198 e. The Bertz CT molecular complexity index is 185. The van der Waals surface area contributed by atoms with Gasteiger partial charge in [-0.1, -0.05) is 52.4 Å². The first kappa shape index (κ1) is 14.3. The molecule has 0 atom stereocenters. The van der Waals surface area contributed by atoms with E-state index in [9.17, 15) is 9.59 Å². The van der Waals surface area contributed by atoms with Crippen molar-refractivity contribution < 1.29 is 9.59 Å². The second-order valence-electron chi connectivity index (χ2n) is 4.07. The van der Waals surface area contributed by atoms with Crippen LogP contribution in [0.3, 0.4) is 0 Å². The number of Topliss-reactive ketones (excluding diaryl/α,β-unsaturated/α-hetero) is 2. The summed E-state index contributed by atoms with van der Waals surface area (Å²) in [5.74, 6) is -0.382. The van der Waals surface area contributed by atoms with Gasteiger partial charge >= 0.3 is 0 Å². The summed E-state index contributed by atoms with van der Waals surface area (Å²) >= 11 is 0. The van der Waals surface area contributed by atoms with Crippen molar-refractivity contribution in [2.45, 2.75) is 71.6 Å². The van der Waals surface area contributed by atoms with Crippen molar-refractivity contribution in [3.8, 4) is 0 Å². The van der Waals surface area contributed by atoms with Crippen molar-refractivity contribution in [3.63, 3.8) is 0 Å². The highest BCUT2D eigenvalue weighted by molar-refractivity contribution is 6.37. The van der Waals surface area contributed by atoms with E-state index in [0.717, 1.165) is 12.8 Å². The Balaban J connectivity index is 3.24. The maximum atomic E-state index is 11.2. The Labute approximate surface area is 93.4 Å². The molecule has 0 N–H and O–H groups in total. The van der Waals surface area contributed by atoms with Crippen LogP contribution >= 0.6 is 0 Å². The molecule has 0 radical (unpaired) electrons. The molecular weight excluding hydrogens is 188 g/mol. The minimum Gasteiger partial charge on any atom is -0.291 e. The van der Waals surface area contributed by atoms with Crippen LogP contribution in [0.2, 0.25) is 0 Å². The predicted molar refractivity (Wildman–Crippen MR) is 62.9 cm³/mol. The molecule has 0 aliphatic heterocycles. The summed E-state index contributed by atoms with van der Waals surface area (Å²) in [4.78, 5) is 22.1. The zero-order chi connectivity index (χ0) is 11.5. The molecule has 0 fully saturated rings. The number of hydrogen-bond acceptors (Lipinski definition) is 2. The maximum absolute atomic E-state index is 11.2. The fourth-order valence-electron chi connectivity index (χ4n) is 1.58. The highest BCUT2D eigenvalue weighted by Gasteiger charge is 2.09. The lowest BCUT2D eigenvalue weighted by atomic mass is 10.0. The van der Waals surface area contributed by atoms with Gasteiger partial charge in [0.1, 0.15) is 0 Å². The van der Waals surface area contributed by atoms with E-state index in [1.54, 1.807) is 6.92 Å². The summed E-state index contributed by atoms with van der Waals surface area (Å²) in [5, 5.41) is 0. The largest absolute Gasteiger partial charge is 0.291 e. The van der Waals surface area contributed by atoms with E-state index in [-0.39, 0.29) is 11.6 Å². The molecule has 0 aliphatic carbocycles. The molecule has 0 saturated carbocycles. The van der Waals surface area contributed by atoms with E-state index in [1.807, 2.05) is 0 Å². The van der Waals surface area contributed by atoms with E-state index in [0.29, 0.717) is 12.8 Å². The van der Waals surface area contributed by atoms with Crippen molar-refractivity contribution in [3.05, 3.63) is 0 Å². The summed E-state index contributed by atoms with van der Waals surface area (Å²) < 4.78 is 0. The van der Waals surface area contributed by atoms with Gasteiger partial charge in [-0.2, -0.15) is 0 Å². The lowest BCUT2D eigenvalue weighted by molar-refractivity contribution is -0.136. The van der Waals surface area contributed by atoms with Crippen LogP contribution in [-0.4, -0.2) is 11.6 Å². The number of hydrogen-bond donors (Lipinski definition) is 0. The van der Waals surface area contributed by atoms with Crippen LogP contribution in [0.25, 0.3) is 0 Å². The van der Waals surface area contributed by atoms with Crippen LogP contribution in [0.5, 0.6) is 0 Å². The van der Waals surface area contributed by atoms with Gasteiger partial charge < -0.3 is 0 Å². The van der Waals surface area contributed by atoms with Crippen molar-refractivity contribution in [1.29, 1.82) is 0 Å². The lowest BCUT2D eigenvalue weighted by Gasteiger charge is -2.00. The molecule has 88 valence electrons. The van der Waals surface area contributed by atoms with Crippen LogP contribution in [0, 0.1) is 0 Å². The molecule has 0 saturated heterocycles. The summed E-state index contributed by atoms with van der Waals surface area (Å²) in [7, 11) is 0. The molecule has 0 bridgehead atoms. The third-order valence-corrected chi connectivity index (χ3v) is 2.64. The van der Waals surface area contributed by atoms with Gasteiger partial charge in [0, 0.05) is 12.8 Å². The summed E-state index contributed by atoms with van der Waals surface area (Å²) in [6.45, 7) is 3.94. The molecule has 0 aromatic heterocycles. The topological polar surface area (TPSA) is 34.1 Å². The van der Waals surface area contributed by atoms with Crippen molar-refractivity contribution in [2.75, 3.05) is 0 Å². The van der Waals surface area contributed by atoms with Gasteiger partial charge in [-0.05, 0) is 6.42 Å². The monoisotopic (exact) mass is 212 g/mol. The molecule has 0 aromatic rings. The quantitative estimate of drug-likeness (QED) is 0.409. The minimum absolute atomic E-state index is 0.175. The maximum Gasteiger partial charge on any atom is 0.198 e. The van der Waals surface area contributed by atoms with Crippen LogP contribution in [0.4, 0.5) is 0 Å². The number of ketones is 2. The number of carbonyl (C=O) groups is 2. The Hall–Kier alpha value is -0.660. The Morgan fingerprint density at radius 1 is 0.733 bits per heavy atom. The third kappa shape index (κ3) is 8.34. The fourth-order valence-corrected chi connectivity index (χ4v) is 1.58. The van der Waals surface area contributed by atoms with Crippen LogP contribution in [0.15, 0.2) is 0 Å². The van der Waals surface area contributed by atoms with Crippen molar-refractivity contribution >= 4 is 11.6 Å². The first-order chi connectivity index (χ1) is 7.22. The second-order valence-corrected chi connectivity index (χ2v) is 4.07. The zero-order valence-corrected chi connectivity index (χ0v) is 10.2. The van der Waals surface area contributed by atoms with Crippen molar-refractivity contribution in [2.24, 2.45) is 0 Å². The highest BCUT2D eigenvalue weighted by Crippen LogP contribution is 2.08. The van der Waals surface area contributed by atoms with Gasteiger partial charge in [-0.3, -0.25) is 9.59 Å². The average molecular weight is 212 g/mol. The van der Waals surface area contributed by atoms with Crippen LogP contribution in [0.1, 0.15) is 71.6 Å². The lowest BCUT2D eigenvalue weighted by Crippen LogP contribution is -2.11. The molecule has 0 heterocycles. The number of carbonyl (C=O) groups excluding carboxylic acids is 2.